The van der Waals surface area contributed by atoms with Crippen molar-refractivity contribution in [2.75, 3.05) is 5.32 Å². The zero-order valence-corrected chi connectivity index (χ0v) is 9.72. The Kier molecular flexibility index (Phi) is 2.61. The number of imidazole rings is 1. The fraction of sp³-hybridized carbons (Fsp3) is 0.0714. The molecule has 0 spiro atoms. The van der Waals surface area contributed by atoms with Crippen molar-refractivity contribution in [2.45, 2.75) is 6.54 Å². The van der Waals surface area contributed by atoms with Crippen LogP contribution in [0.25, 0.3) is 11.0 Å². The topological polar surface area (TPSA) is 60.9 Å². The molecule has 4 heteroatoms. The predicted molar refractivity (Wildman–Crippen MR) is 71.5 cm³/mol. The Morgan fingerprint density at radius 2 is 2.06 bits per heavy atom. The number of H-pyrrole nitrogens is 1. The highest BCUT2D eigenvalue weighted by atomic mass is 16.3. The van der Waals surface area contributed by atoms with Gasteiger partial charge in [0.2, 0.25) is 0 Å². The van der Waals surface area contributed by atoms with Gasteiger partial charge >= 0.3 is 0 Å². The summed E-state index contributed by atoms with van der Waals surface area (Å²) < 4.78 is 0. The minimum Gasteiger partial charge on any atom is -0.508 e. The maximum absolute atomic E-state index is 9.40. The summed E-state index contributed by atoms with van der Waals surface area (Å²) in [5.74, 6) is 0.285. The predicted octanol–water partition coefficient (Wildman–Crippen LogP) is 2.88. The molecule has 0 aliphatic carbocycles. The first-order chi connectivity index (χ1) is 8.83. The third kappa shape index (κ3) is 2.00. The zero-order chi connectivity index (χ0) is 12.4. The summed E-state index contributed by atoms with van der Waals surface area (Å²) in [4.78, 5) is 7.36. The summed E-state index contributed by atoms with van der Waals surface area (Å²) in [5, 5.41) is 12.7. The van der Waals surface area contributed by atoms with Gasteiger partial charge in [-0.1, -0.05) is 18.2 Å². The van der Waals surface area contributed by atoms with Gasteiger partial charge in [-0.2, -0.15) is 0 Å². The number of anilines is 1. The highest BCUT2D eigenvalue weighted by Crippen LogP contribution is 2.20. The Labute approximate surface area is 104 Å². The number of phenols is 1. The first-order valence-corrected chi connectivity index (χ1v) is 5.77. The zero-order valence-electron chi connectivity index (χ0n) is 9.72. The molecule has 2 aromatic carbocycles. The van der Waals surface area contributed by atoms with Crippen LogP contribution in [0.3, 0.4) is 0 Å². The molecule has 0 aliphatic heterocycles. The summed E-state index contributed by atoms with van der Waals surface area (Å²) >= 11 is 0. The molecule has 3 rings (SSSR count). The van der Waals surface area contributed by atoms with E-state index in [2.05, 4.69) is 15.3 Å². The van der Waals surface area contributed by atoms with E-state index in [0.717, 1.165) is 22.3 Å². The normalized spacial score (nSPS) is 10.7. The van der Waals surface area contributed by atoms with Crippen molar-refractivity contribution >= 4 is 16.7 Å². The molecule has 0 saturated carbocycles. The summed E-state index contributed by atoms with van der Waals surface area (Å²) in [6.07, 6.45) is 1.68. The second-order valence-electron chi connectivity index (χ2n) is 4.13. The van der Waals surface area contributed by atoms with Crippen molar-refractivity contribution in [3.05, 3.63) is 54.4 Å². The van der Waals surface area contributed by atoms with E-state index in [1.54, 1.807) is 18.5 Å². The number of aromatic hydroxyl groups is 1. The minimum absolute atomic E-state index is 0.285. The highest BCUT2D eigenvalue weighted by Gasteiger charge is 2.02. The van der Waals surface area contributed by atoms with Crippen molar-refractivity contribution < 1.29 is 5.11 Å². The summed E-state index contributed by atoms with van der Waals surface area (Å²) in [7, 11) is 0. The number of hydrogen-bond acceptors (Lipinski definition) is 3. The molecule has 0 radical (unpaired) electrons. The van der Waals surface area contributed by atoms with Crippen molar-refractivity contribution in [3.63, 3.8) is 0 Å². The maximum Gasteiger partial charge on any atom is 0.115 e. The summed E-state index contributed by atoms with van der Waals surface area (Å²) in [5.41, 5.74) is 3.95. The average Bonchev–Trinajstić information content (AvgIpc) is 2.85. The molecular formula is C14H13N3O. The van der Waals surface area contributed by atoms with Crippen molar-refractivity contribution in [2.24, 2.45) is 0 Å². The second-order valence-corrected chi connectivity index (χ2v) is 4.13. The molecule has 4 nitrogen and oxygen atoms in total. The lowest BCUT2D eigenvalue weighted by molar-refractivity contribution is 0.474. The van der Waals surface area contributed by atoms with Gasteiger partial charge in [0.25, 0.3) is 0 Å². The number of phenolic OH excluding ortho intramolecular Hbond substituents is 1. The molecule has 0 fully saturated rings. The molecule has 0 unspecified atom stereocenters. The van der Waals surface area contributed by atoms with Gasteiger partial charge in [0.05, 0.1) is 17.5 Å². The van der Waals surface area contributed by atoms with Crippen LogP contribution < -0.4 is 5.32 Å². The van der Waals surface area contributed by atoms with Crippen molar-refractivity contribution in [3.8, 4) is 5.75 Å². The number of hydrogen-bond donors (Lipinski definition) is 3. The molecule has 0 bridgehead atoms. The van der Waals surface area contributed by atoms with E-state index in [0.29, 0.717) is 6.54 Å². The maximum atomic E-state index is 9.40. The first kappa shape index (κ1) is 10.7. The first-order valence-electron chi connectivity index (χ1n) is 5.77. The molecule has 0 aliphatic rings. The molecule has 3 N–H and O–H groups in total. The summed E-state index contributed by atoms with van der Waals surface area (Å²) in [6.45, 7) is 0.653. The molecule has 0 atom stereocenters. The van der Waals surface area contributed by atoms with E-state index in [4.69, 9.17) is 0 Å². The van der Waals surface area contributed by atoms with Crippen LogP contribution in [0.2, 0.25) is 0 Å². The Hall–Kier alpha value is -2.49. The fourth-order valence-corrected chi connectivity index (χ4v) is 1.97. The van der Waals surface area contributed by atoms with Crippen molar-refractivity contribution in [1.29, 1.82) is 0 Å². The molecule has 0 saturated heterocycles. The van der Waals surface area contributed by atoms with E-state index in [9.17, 15) is 5.11 Å². The molecule has 1 heterocycles. The van der Waals surface area contributed by atoms with Crippen LogP contribution in [-0.2, 0) is 6.54 Å². The molecule has 90 valence electrons. The van der Waals surface area contributed by atoms with E-state index < -0.39 is 0 Å². The van der Waals surface area contributed by atoms with Gasteiger partial charge in [-0.25, -0.2) is 4.98 Å². The molecular weight excluding hydrogens is 226 g/mol. The van der Waals surface area contributed by atoms with Gasteiger partial charge in [-0.3, -0.25) is 0 Å². The number of fused-ring (bicyclic) bond motifs is 1. The van der Waals surface area contributed by atoms with E-state index in [1.165, 1.54) is 0 Å². The standard InChI is InChI=1S/C14H13N3O/c18-11-4-1-3-10(7-11)8-15-12-5-2-6-13-14(12)17-9-16-13/h1-7,9,15,18H,8H2,(H,16,17). The van der Waals surface area contributed by atoms with Crippen LogP contribution in [-0.4, -0.2) is 15.1 Å². The van der Waals surface area contributed by atoms with Gasteiger partial charge in [-0.05, 0) is 29.8 Å². The fourth-order valence-electron chi connectivity index (χ4n) is 1.97. The number of aromatic amines is 1. The Morgan fingerprint density at radius 3 is 2.94 bits per heavy atom. The largest absolute Gasteiger partial charge is 0.508 e. The number of nitrogens with one attached hydrogen (secondary N) is 2. The molecule has 3 aromatic rings. The van der Waals surface area contributed by atoms with Crippen LogP contribution in [0.1, 0.15) is 5.56 Å². The third-order valence-electron chi connectivity index (χ3n) is 2.84. The highest BCUT2D eigenvalue weighted by molar-refractivity contribution is 5.87. The lowest BCUT2D eigenvalue weighted by Crippen LogP contribution is -1.99. The van der Waals surface area contributed by atoms with Crippen LogP contribution in [0, 0.1) is 0 Å². The Bertz CT molecular complexity index is 675. The van der Waals surface area contributed by atoms with Gasteiger partial charge in [0.15, 0.2) is 0 Å². The number of rotatable bonds is 3. The van der Waals surface area contributed by atoms with E-state index >= 15 is 0 Å². The lowest BCUT2D eigenvalue weighted by atomic mass is 10.2. The lowest BCUT2D eigenvalue weighted by Gasteiger charge is -2.07. The van der Waals surface area contributed by atoms with Gasteiger partial charge in [0.1, 0.15) is 11.3 Å². The summed E-state index contributed by atoms with van der Waals surface area (Å²) in [6, 6.07) is 13.2. The Balaban J connectivity index is 1.83. The molecule has 1 aromatic heterocycles. The third-order valence-corrected chi connectivity index (χ3v) is 2.84. The number of para-hydroxylation sites is 1. The SMILES string of the molecule is Oc1cccc(CNc2cccc3[nH]cnc23)c1. The van der Waals surface area contributed by atoms with Crippen LogP contribution in [0.15, 0.2) is 48.8 Å². The van der Waals surface area contributed by atoms with Gasteiger partial charge < -0.3 is 15.4 Å². The minimum atomic E-state index is 0.285. The smallest absolute Gasteiger partial charge is 0.115 e. The quantitative estimate of drug-likeness (QED) is 0.658. The number of nitrogens with zero attached hydrogens (tertiary/aromatic N) is 1. The van der Waals surface area contributed by atoms with E-state index in [-0.39, 0.29) is 5.75 Å². The average molecular weight is 239 g/mol. The van der Waals surface area contributed by atoms with Crippen LogP contribution in [0.5, 0.6) is 5.75 Å². The van der Waals surface area contributed by atoms with Crippen molar-refractivity contribution in [1.82, 2.24) is 9.97 Å². The van der Waals surface area contributed by atoms with Crippen LogP contribution in [0.4, 0.5) is 5.69 Å². The monoisotopic (exact) mass is 239 g/mol. The van der Waals surface area contributed by atoms with Crippen LogP contribution >= 0.6 is 0 Å². The Morgan fingerprint density at radius 1 is 1.17 bits per heavy atom. The van der Waals surface area contributed by atoms with Gasteiger partial charge in [0, 0.05) is 6.54 Å². The molecule has 18 heavy (non-hydrogen) atoms. The second kappa shape index (κ2) is 4.41. The number of aromatic nitrogens is 2. The van der Waals surface area contributed by atoms with Gasteiger partial charge in [-0.15, -0.1) is 0 Å². The van der Waals surface area contributed by atoms with E-state index in [1.807, 2.05) is 30.3 Å². The molecule has 0 amide bonds. The number of benzene rings is 2.